The molecule has 2 N–H and O–H groups in total. The molecule has 4 amide bonds. The molecule has 1 saturated heterocycles. The quantitative estimate of drug-likeness (QED) is 0.477. The summed E-state index contributed by atoms with van der Waals surface area (Å²) in [5.41, 5.74) is 2.28. The summed E-state index contributed by atoms with van der Waals surface area (Å²) in [4.78, 5) is 39.6. The van der Waals surface area contributed by atoms with Gasteiger partial charge in [0.15, 0.2) is 5.54 Å². The minimum absolute atomic E-state index is 0.0742. The smallest absolute Gasteiger partial charge is 0.314 e. The largest absolute Gasteiger partial charge is 0.344 e. The van der Waals surface area contributed by atoms with E-state index >= 15 is 0 Å². The van der Waals surface area contributed by atoms with Gasteiger partial charge in [-0.25, -0.2) is 4.79 Å². The zero-order valence-electron chi connectivity index (χ0n) is 15.9. The average Bonchev–Trinajstić information content (AvgIpc) is 3.05. The van der Waals surface area contributed by atoms with Crippen LogP contribution in [-0.4, -0.2) is 28.6 Å². The van der Waals surface area contributed by atoms with Gasteiger partial charge >= 0.3 is 6.03 Å². The van der Waals surface area contributed by atoms with E-state index in [4.69, 9.17) is 0 Å². The standard InChI is InChI=1S/C23H19N3O3S/c27-20(16-30-19-14-8-3-9-15-19)25-26-21(28)23(24-22(26)29,17-10-4-1-5-11-17)18-12-6-2-7-13-18/h1-15H,16H2,(H,24,29)(H,25,27). The Bertz CT molecular complexity index is 1020. The number of hydrogen-bond acceptors (Lipinski definition) is 4. The number of hydrazine groups is 1. The molecule has 3 aromatic rings. The van der Waals surface area contributed by atoms with E-state index in [1.54, 1.807) is 48.5 Å². The third kappa shape index (κ3) is 3.67. The van der Waals surface area contributed by atoms with Crippen molar-refractivity contribution in [3.05, 3.63) is 102 Å². The predicted molar refractivity (Wildman–Crippen MR) is 114 cm³/mol. The fraction of sp³-hybridized carbons (Fsp3) is 0.0870. The first-order valence-electron chi connectivity index (χ1n) is 9.36. The SMILES string of the molecule is O=C(CSc1ccccc1)NN1C(=O)NC(c2ccccc2)(c2ccccc2)C1=O. The van der Waals surface area contributed by atoms with Gasteiger partial charge in [0.05, 0.1) is 5.75 Å². The Hall–Kier alpha value is -3.58. The van der Waals surface area contributed by atoms with Crippen molar-refractivity contribution in [3.8, 4) is 0 Å². The first kappa shape index (κ1) is 19.7. The maximum Gasteiger partial charge on any atom is 0.344 e. The minimum atomic E-state index is -1.40. The third-order valence-corrected chi connectivity index (χ3v) is 5.80. The molecule has 0 atom stereocenters. The second-order valence-corrected chi connectivity index (χ2v) is 7.74. The average molecular weight is 417 g/mol. The summed E-state index contributed by atoms with van der Waals surface area (Å²) in [7, 11) is 0. The number of urea groups is 1. The van der Waals surface area contributed by atoms with Crippen LogP contribution in [0, 0.1) is 0 Å². The summed E-state index contributed by atoms with van der Waals surface area (Å²) < 4.78 is 0. The number of thioether (sulfide) groups is 1. The molecule has 150 valence electrons. The van der Waals surface area contributed by atoms with E-state index in [0.717, 1.165) is 9.90 Å². The molecule has 0 radical (unpaired) electrons. The van der Waals surface area contributed by atoms with Crippen LogP contribution in [0.1, 0.15) is 11.1 Å². The number of hydrogen-bond donors (Lipinski definition) is 2. The van der Waals surface area contributed by atoms with Crippen LogP contribution in [0.25, 0.3) is 0 Å². The Morgan fingerprint density at radius 1 is 0.833 bits per heavy atom. The number of rotatable bonds is 6. The van der Waals surface area contributed by atoms with Crippen LogP contribution in [0.15, 0.2) is 95.9 Å². The summed E-state index contributed by atoms with van der Waals surface area (Å²) in [6, 6.07) is 26.8. The van der Waals surface area contributed by atoms with Gasteiger partial charge in [-0.1, -0.05) is 78.9 Å². The van der Waals surface area contributed by atoms with Crippen molar-refractivity contribution in [1.29, 1.82) is 0 Å². The van der Waals surface area contributed by atoms with Crippen molar-refractivity contribution in [2.45, 2.75) is 10.4 Å². The maximum absolute atomic E-state index is 13.5. The molecular weight excluding hydrogens is 398 g/mol. The maximum atomic E-state index is 13.5. The van der Waals surface area contributed by atoms with E-state index in [0.29, 0.717) is 11.1 Å². The van der Waals surface area contributed by atoms with Crippen LogP contribution in [0.2, 0.25) is 0 Å². The van der Waals surface area contributed by atoms with Crippen molar-refractivity contribution in [2.75, 3.05) is 5.75 Å². The van der Waals surface area contributed by atoms with Gasteiger partial charge in [-0.15, -0.1) is 11.8 Å². The molecule has 1 fully saturated rings. The molecule has 0 saturated carbocycles. The molecule has 6 nitrogen and oxygen atoms in total. The van der Waals surface area contributed by atoms with E-state index in [1.165, 1.54) is 11.8 Å². The van der Waals surface area contributed by atoms with Gasteiger partial charge in [0, 0.05) is 4.90 Å². The zero-order valence-corrected chi connectivity index (χ0v) is 16.8. The van der Waals surface area contributed by atoms with Crippen LogP contribution < -0.4 is 10.7 Å². The van der Waals surface area contributed by atoms with Crippen LogP contribution in [0.3, 0.4) is 0 Å². The highest BCUT2D eigenvalue weighted by atomic mass is 32.2. The normalized spacial score (nSPS) is 15.0. The minimum Gasteiger partial charge on any atom is -0.314 e. The highest BCUT2D eigenvalue weighted by Gasteiger charge is 2.54. The molecule has 0 bridgehead atoms. The third-order valence-electron chi connectivity index (χ3n) is 4.78. The van der Waals surface area contributed by atoms with E-state index in [-0.39, 0.29) is 5.75 Å². The van der Waals surface area contributed by atoms with Crippen LogP contribution in [0.4, 0.5) is 4.79 Å². The second-order valence-electron chi connectivity index (χ2n) is 6.69. The first-order valence-corrected chi connectivity index (χ1v) is 10.3. The number of amides is 4. The summed E-state index contributed by atoms with van der Waals surface area (Å²) >= 11 is 1.33. The molecule has 1 aliphatic heterocycles. The van der Waals surface area contributed by atoms with Gasteiger partial charge in [-0.05, 0) is 23.3 Å². The topological polar surface area (TPSA) is 78.5 Å². The molecule has 4 rings (SSSR count). The molecule has 0 unspecified atom stereocenters. The highest BCUT2D eigenvalue weighted by Crippen LogP contribution is 2.35. The van der Waals surface area contributed by atoms with E-state index in [1.807, 2.05) is 42.5 Å². The fourth-order valence-corrected chi connectivity index (χ4v) is 4.10. The highest BCUT2D eigenvalue weighted by molar-refractivity contribution is 8.00. The van der Waals surface area contributed by atoms with Gasteiger partial charge < -0.3 is 5.32 Å². The number of nitrogens with zero attached hydrogens (tertiary/aromatic N) is 1. The second kappa shape index (κ2) is 8.42. The molecule has 0 spiro atoms. The summed E-state index contributed by atoms with van der Waals surface area (Å²) in [6.45, 7) is 0. The Labute approximate surface area is 178 Å². The molecule has 0 aromatic heterocycles. The monoisotopic (exact) mass is 417 g/mol. The van der Waals surface area contributed by atoms with Crippen molar-refractivity contribution in [1.82, 2.24) is 15.8 Å². The van der Waals surface area contributed by atoms with Crippen molar-refractivity contribution in [3.63, 3.8) is 0 Å². The molecule has 0 aliphatic carbocycles. The number of carbonyl (C=O) groups is 3. The molecule has 7 heteroatoms. The first-order chi connectivity index (χ1) is 14.6. The molecule has 30 heavy (non-hydrogen) atoms. The fourth-order valence-electron chi connectivity index (χ4n) is 3.39. The van der Waals surface area contributed by atoms with Gasteiger partial charge in [0.1, 0.15) is 0 Å². The van der Waals surface area contributed by atoms with Crippen molar-refractivity contribution >= 4 is 29.6 Å². The van der Waals surface area contributed by atoms with Gasteiger partial charge in [-0.2, -0.15) is 5.01 Å². The molecule has 3 aromatic carbocycles. The molecule has 1 heterocycles. The molecule has 1 aliphatic rings. The van der Waals surface area contributed by atoms with Crippen LogP contribution in [-0.2, 0) is 15.1 Å². The Balaban J connectivity index is 1.58. The van der Waals surface area contributed by atoms with Crippen molar-refractivity contribution in [2.24, 2.45) is 0 Å². The van der Waals surface area contributed by atoms with E-state index in [2.05, 4.69) is 10.7 Å². The Kier molecular flexibility index (Phi) is 5.54. The van der Waals surface area contributed by atoms with E-state index in [9.17, 15) is 14.4 Å². The summed E-state index contributed by atoms with van der Waals surface area (Å²) in [5, 5.41) is 3.57. The summed E-state index contributed by atoms with van der Waals surface area (Å²) in [5.74, 6) is -0.919. The predicted octanol–water partition coefficient (Wildman–Crippen LogP) is 3.31. The lowest BCUT2D eigenvalue weighted by Gasteiger charge is -2.27. The number of imide groups is 1. The zero-order chi connectivity index (χ0) is 21.0. The van der Waals surface area contributed by atoms with Crippen molar-refractivity contribution < 1.29 is 14.4 Å². The van der Waals surface area contributed by atoms with Gasteiger partial charge in [0.25, 0.3) is 5.91 Å². The van der Waals surface area contributed by atoms with Crippen LogP contribution >= 0.6 is 11.8 Å². The number of nitrogens with one attached hydrogen (secondary N) is 2. The Morgan fingerprint density at radius 2 is 1.33 bits per heavy atom. The van der Waals surface area contributed by atoms with Gasteiger partial charge in [-0.3, -0.25) is 15.0 Å². The molecular formula is C23H19N3O3S. The van der Waals surface area contributed by atoms with Crippen LogP contribution in [0.5, 0.6) is 0 Å². The lowest BCUT2D eigenvalue weighted by Crippen LogP contribution is -2.49. The Morgan fingerprint density at radius 3 is 1.87 bits per heavy atom. The lowest BCUT2D eigenvalue weighted by molar-refractivity contribution is -0.137. The summed E-state index contributed by atoms with van der Waals surface area (Å²) in [6.07, 6.45) is 0. The number of carbonyl (C=O) groups excluding carboxylic acids is 3. The lowest BCUT2D eigenvalue weighted by atomic mass is 9.83. The number of benzene rings is 3. The van der Waals surface area contributed by atoms with Gasteiger partial charge in [0.2, 0.25) is 5.91 Å². The van der Waals surface area contributed by atoms with E-state index < -0.39 is 23.4 Å².